The van der Waals surface area contributed by atoms with Gasteiger partial charge in [-0.1, -0.05) is 64.5 Å². The van der Waals surface area contributed by atoms with Gasteiger partial charge in [-0.3, -0.25) is 0 Å². The van der Waals surface area contributed by atoms with Crippen molar-refractivity contribution in [1.29, 1.82) is 0 Å². The number of aromatic nitrogens is 2. The number of rotatable bonds is 12. The van der Waals surface area contributed by atoms with Crippen LogP contribution >= 0.6 is 11.8 Å². The van der Waals surface area contributed by atoms with E-state index in [1.807, 2.05) is 24.2 Å². The molecule has 0 aliphatic rings. The lowest BCUT2D eigenvalue weighted by Gasteiger charge is -2.05. The third-order valence-corrected chi connectivity index (χ3v) is 5.50. The van der Waals surface area contributed by atoms with Gasteiger partial charge >= 0.3 is 0 Å². The molecule has 1 aromatic heterocycles. The molecule has 136 valence electrons. The topological polar surface area (TPSA) is 25.8 Å². The summed E-state index contributed by atoms with van der Waals surface area (Å²) in [6, 6.07) is 8.64. The first kappa shape index (κ1) is 20.0. The van der Waals surface area contributed by atoms with Crippen LogP contribution in [0.15, 0.2) is 41.6 Å². The quantitative estimate of drug-likeness (QED) is 0.304. The van der Waals surface area contributed by atoms with Gasteiger partial charge in [0, 0.05) is 22.9 Å². The summed E-state index contributed by atoms with van der Waals surface area (Å²) in [5.41, 5.74) is 2.36. The molecule has 0 unspecified atom stereocenters. The van der Waals surface area contributed by atoms with Gasteiger partial charge in [0.05, 0.1) is 0 Å². The fourth-order valence-corrected chi connectivity index (χ4v) is 3.77. The first-order valence-corrected chi connectivity index (χ1v) is 10.9. The maximum Gasteiger partial charge on any atom is 0.159 e. The molecule has 0 aliphatic heterocycles. The number of hydrogen-bond acceptors (Lipinski definition) is 3. The van der Waals surface area contributed by atoms with Crippen LogP contribution in [-0.2, 0) is 6.42 Å². The van der Waals surface area contributed by atoms with Crippen LogP contribution in [0.4, 0.5) is 0 Å². The monoisotopic (exact) mass is 356 g/mol. The fraction of sp³-hybridized carbons (Fsp3) is 0.545. The Labute approximate surface area is 157 Å². The van der Waals surface area contributed by atoms with Crippen molar-refractivity contribution in [3.8, 4) is 11.4 Å². The van der Waals surface area contributed by atoms with Crippen LogP contribution < -0.4 is 0 Å². The van der Waals surface area contributed by atoms with Crippen LogP contribution in [-0.4, -0.2) is 15.7 Å². The van der Waals surface area contributed by atoms with Crippen LogP contribution in [0, 0.1) is 0 Å². The van der Waals surface area contributed by atoms with E-state index in [9.17, 15) is 0 Å². The van der Waals surface area contributed by atoms with Gasteiger partial charge in [-0.25, -0.2) is 9.97 Å². The average Bonchev–Trinajstić information content (AvgIpc) is 2.66. The number of hydrogen-bond donors (Lipinski definition) is 0. The third-order valence-electron chi connectivity index (χ3n) is 4.40. The zero-order chi connectivity index (χ0) is 17.7. The van der Waals surface area contributed by atoms with Crippen molar-refractivity contribution in [2.24, 2.45) is 0 Å². The average molecular weight is 357 g/mol. The molecule has 0 saturated heterocycles. The van der Waals surface area contributed by atoms with Crippen molar-refractivity contribution < 1.29 is 0 Å². The van der Waals surface area contributed by atoms with Crippen molar-refractivity contribution in [1.82, 2.24) is 9.97 Å². The lowest BCUT2D eigenvalue weighted by Crippen LogP contribution is -1.93. The minimum atomic E-state index is 0.830. The molecule has 0 radical (unpaired) electrons. The largest absolute Gasteiger partial charge is 0.236 e. The molecule has 0 N–H and O–H groups in total. The number of nitrogens with zero attached hydrogens (tertiary/aromatic N) is 2. The summed E-state index contributed by atoms with van der Waals surface area (Å²) in [5.74, 6) is 2.02. The van der Waals surface area contributed by atoms with Gasteiger partial charge in [0.2, 0.25) is 0 Å². The van der Waals surface area contributed by atoms with E-state index >= 15 is 0 Å². The van der Waals surface area contributed by atoms with Gasteiger partial charge in [-0.2, -0.15) is 0 Å². The molecule has 0 fully saturated rings. The van der Waals surface area contributed by atoms with Crippen molar-refractivity contribution in [3.05, 3.63) is 42.2 Å². The number of benzene rings is 1. The second-order valence-corrected chi connectivity index (χ2v) is 7.83. The van der Waals surface area contributed by atoms with Crippen LogP contribution in [0.5, 0.6) is 0 Å². The van der Waals surface area contributed by atoms with Crippen LogP contribution in [0.1, 0.15) is 70.8 Å². The minimum Gasteiger partial charge on any atom is -0.236 e. The summed E-state index contributed by atoms with van der Waals surface area (Å²) in [7, 11) is 0. The highest BCUT2D eigenvalue weighted by molar-refractivity contribution is 7.99. The Bertz CT molecular complexity index is 578. The van der Waals surface area contributed by atoms with E-state index in [1.165, 1.54) is 67.6 Å². The molecule has 3 heteroatoms. The Kier molecular flexibility index (Phi) is 9.65. The molecule has 0 aliphatic carbocycles. The highest BCUT2D eigenvalue weighted by Gasteiger charge is 2.03. The van der Waals surface area contributed by atoms with Crippen molar-refractivity contribution >= 4 is 11.8 Å². The molecule has 1 aromatic carbocycles. The zero-order valence-electron chi connectivity index (χ0n) is 15.8. The Balaban J connectivity index is 1.79. The highest BCUT2D eigenvalue weighted by atomic mass is 32.2. The number of unbranched alkanes of at least 4 members (excludes halogenated alkanes) is 6. The lowest BCUT2D eigenvalue weighted by molar-refractivity contribution is 0.607. The molecule has 0 bridgehead atoms. The Morgan fingerprint density at radius 3 is 2.08 bits per heavy atom. The van der Waals surface area contributed by atoms with E-state index in [4.69, 9.17) is 0 Å². The van der Waals surface area contributed by atoms with Crippen molar-refractivity contribution in [2.45, 2.75) is 76.5 Å². The first-order chi connectivity index (χ1) is 12.3. The number of thioether (sulfide) groups is 1. The molecule has 0 atom stereocenters. The van der Waals surface area contributed by atoms with Crippen molar-refractivity contribution in [2.75, 3.05) is 5.75 Å². The van der Waals surface area contributed by atoms with Crippen LogP contribution in [0.2, 0.25) is 0 Å². The standard InChI is InChI=1S/C22H32N2S/c1-3-5-7-8-9-10-11-19-17-23-22(24-18-19)20-12-14-21(15-13-20)25-16-6-4-2/h12-15,17-18H,3-11,16H2,1-2H3. The smallest absolute Gasteiger partial charge is 0.159 e. The van der Waals surface area contributed by atoms with Gasteiger partial charge in [0.1, 0.15) is 0 Å². The second-order valence-electron chi connectivity index (χ2n) is 6.66. The minimum absolute atomic E-state index is 0.830. The molecule has 2 rings (SSSR count). The summed E-state index contributed by atoms with van der Waals surface area (Å²) in [6.07, 6.45) is 15.6. The summed E-state index contributed by atoms with van der Waals surface area (Å²) in [5, 5.41) is 0. The summed E-state index contributed by atoms with van der Waals surface area (Å²) in [4.78, 5) is 10.5. The fourth-order valence-electron chi connectivity index (χ4n) is 2.78. The molecule has 2 aromatic rings. The summed E-state index contributed by atoms with van der Waals surface area (Å²) in [6.45, 7) is 4.49. The van der Waals surface area contributed by atoms with Gasteiger partial charge in [-0.15, -0.1) is 11.8 Å². The maximum absolute atomic E-state index is 4.56. The normalized spacial score (nSPS) is 11.0. The molecular formula is C22H32N2S. The zero-order valence-corrected chi connectivity index (χ0v) is 16.7. The molecule has 25 heavy (non-hydrogen) atoms. The molecule has 0 spiro atoms. The van der Waals surface area contributed by atoms with E-state index in [1.54, 1.807) is 0 Å². The van der Waals surface area contributed by atoms with Crippen LogP contribution in [0.3, 0.4) is 0 Å². The third kappa shape index (κ3) is 7.60. The Hall–Kier alpha value is -1.35. The number of aryl methyl sites for hydroxylation is 1. The van der Waals surface area contributed by atoms with Crippen molar-refractivity contribution in [3.63, 3.8) is 0 Å². The van der Waals surface area contributed by atoms with Gasteiger partial charge in [0.15, 0.2) is 5.82 Å². The lowest BCUT2D eigenvalue weighted by atomic mass is 10.1. The predicted molar refractivity (Wildman–Crippen MR) is 110 cm³/mol. The molecule has 0 amide bonds. The molecule has 1 heterocycles. The molecule has 2 nitrogen and oxygen atoms in total. The van der Waals surface area contributed by atoms with E-state index in [2.05, 4.69) is 48.1 Å². The van der Waals surface area contributed by atoms with Gasteiger partial charge < -0.3 is 0 Å². The Morgan fingerprint density at radius 1 is 0.760 bits per heavy atom. The SMILES string of the molecule is CCCCCCCCc1cnc(-c2ccc(SCCCC)cc2)nc1. The van der Waals surface area contributed by atoms with Gasteiger partial charge in [0.25, 0.3) is 0 Å². The Morgan fingerprint density at radius 2 is 1.40 bits per heavy atom. The van der Waals surface area contributed by atoms with E-state index < -0.39 is 0 Å². The summed E-state index contributed by atoms with van der Waals surface area (Å²) < 4.78 is 0. The summed E-state index contributed by atoms with van der Waals surface area (Å²) >= 11 is 1.93. The highest BCUT2D eigenvalue weighted by Crippen LogP contribution is 2.23. The maximum atomic E-state index is 4.56. The second kappa shape index (κ2) is 12.1. The van der Waals surface area contributed by atoms with Gasteiger partial charge in [-0.05, 0) is 42.7 Å². The molecule has 0 saturated carbocycles. The van der Waals surface area contributed by atoms with E-state index in [0.29, 0.717) is 0 Å². The van der Waals surface area contributed by atoms with E-state index in [0.717, 1.165) is 17.8 Å². The molecular weight excluding hydrogens is 324 g/mol. The van der Waals surface area contributed by atoms with Crippen LogP contribution in [0.25, 0.3) is 11.4 Å². The first-order valence-electron chi connectivity index (χ1n) is 9.87. The predicted octanol–water partition coefficient (Wildman–Crippen LogP) is 6.94. The van der Waals surface area contributed by atoms with E-state index in [-0.39, 0.29) is 0 Å².